The molecule has 1 aliphatic carbocycles. The van der Waals surface area contributed by atoms with Crippen molar-refractivity contribution in [2.75, 3.05) is 13.2 Å². The van der Waals surface area contributed by atoms with Crippen LogP contribution in [-0.4, -0.2) is 34.3 Å². The van der Waals surface area contributed by atoms with E-state index in [9.17, 15) is 4.79 Å². The van der Waals surface area contributed by atoms with Crippen molar-refractivity contribution < 1.29 is 14.3 Å². The molecule has 2 aromatic carbocycles. The monoisotopic (exact) mass is 414 g/mol. The number of H-pyrrole nitrogens is 2. The molecule has 1 unspecified atom stereocenters. The largest absolute Gasteiger partial charge is 0.486 e. The van der Waals surface area contributed by atoms with E-state index < -0.39 is 0 Å². The van der Waals surface area contributed by atoms with Crippen LogP contribution in [-0.2, 0) is 6.42 Å². The van der Waals surface area contributed by atoms with Crippen LogP contribution in [0.15, 0.2) is 48.7 Å². The van der Waals surface area contributed by atoms with Gasteiger partial charge in [0.2, 0.25) is 0 Å². The number of benzene rings is 2. The second-order valence-electron chi connectivity index (χ2n) is 8.00. The van der Waals surface area contributed by atoms with Crippen LogP contribution in [0.1, 0.15) is 40.5 Å². The van der Waals surface area contributed by atoms with Gasteiger partial charge in [0.15, 0.2) is 11.5 Å². The Bertz CT molecular complexity index is 1290. The van der Waals surface area contributed by atoms with E-state index in [1.54, 1.807) is 6.20 Å². The summed E-state index contributed by atoms with van der Waals surface area (Å²) in [7, 11) is 0. The van der Waals surface area contributed by atoms with Gasteiger partial charge >= 0.3 is 0 Å². The Kier molecular flexibility index (Phi) is 4.19. The van der Waals surface area contributed by atoms with Gasteiger partial charge in [-0.15, -0.1) is 0 Å². The first-order valence-electron chi connectivity index (χ1n) is 10.6. The molecule has 0 radical (unpaired) electrons. The highest BCUT2D eigenvalue weighted by Crippen LogP contribution is 2.36. The van der Waals surface area contributed by atoms with E-state index in [4.69, 9.17) is 9.47 Å². The second-order valence-corrected chi connectivity index (χ2v) is 8.00. The van der Waals surface area contributed by atoms with E-state index in [0.29, 0.717) is 36.0 Å². The summed E-state index contributed by atoms with van der Waals surface area (Å²) in [6.45, 7) is 1.06. The summed E-state index contributed by atoms with van der Waals surface area (Å²) in [6, 6.07) is 13.9. The van der Waals surface area contributed by atoms with E-state index in [2.05, 4.69) is 38.7 Å². The summed E-state index contributed by atoms with van der Waals surface area (Å²) in [5.41, 5.74) is 5.56. The number of hydrogen-bond acceptors (Lipinski definition) is 4. The molecule has 1 amide bonds. The molecule has 3 heterocycles. The molecule has 2 aromatic heterocycles. The number of hydrogen-bond donors (Lipinski definition) is 3. The van der Waals surface area contributed by atoms with Crippen LogP contribution >= 0.6 is 0 Å². The van der Waals surface area contributed by atoms with Crippen molar-refractivity contribution in [3.05, 3.63) is 65.5 Å². The standard InChI is InChI=1S/C24H22N4O3/c29-24(27-19-7-3-5-16-15-4-1-2-6-18(15)26-23(16)19)17-13-25-28-22(17)14-8-9-20-21(12-14)31-11-10-30-20/h1-2,4,6,8-9,12-13,19,26H,3,5,7,10-11H2,(H,25,28)(H,27,29). The average Bonchev–Trinajstić information content (AvgIpc) is 3.44. The van der Waals surface area contributed by atoms with Gasteiger partial charge in [-0.1, -0.05) is 18.2 Å². The van der Waals surface area contributed by atoms with Gasteiger partial charge in [-0.3, -0.25) is 9.89 Å². The molecule has 4 aromatic rings. The highest BCUT2D eigenvalue weighted by Gasteiger charge is 2.27. The van der Waals surface area contributed by atoms with Crippen molar-refractivity contribution in [2.45, 2.75) is 25.3 Å². The van der Waals surface area contributed by atoms with E-state index in [0.717, 1.165) is 36.0 Å². The fraction of sp³-hybridized carbons (Fsp3) is 0.250. The highest BCUT2D eigenvalue weighted by atomic mass is 16.6. The summed E-state index contributed by atoms with van der Waals surface area (Å²) in [6.07, 6.45) is 4.55. The smallest absolute Gasteiger partial charge is 0.255 e. The number of aromatic amines is 2. The van der Waals surface area contributed by atoms with Gasteiger partial charge in [0.25, 0.3) is 5.91 Å². The molecular weight excluding hydrogens is 392 g/mol. The van der Waals surface area contributed by atoms with Crippen LogP contribution in [0.4, 0.5) is 0 Å². The molecule has 1 aliphatic heterocycles. The van der Waals surface area contributed by atoms with Crippen molar-refractivity contribution in [2.24, 2.45) is 0 Å². The Balaban J connectivity index is 1.30. The lowest BCUT2D eigenvalue weighted by atomic mass is 9.91. The van der Waals surface area contributed by atoms with Gasteiger partial charge in [0, 0.05) is 22.2 Å². The molecule has 7 nitrogen and oxygen atoms in total. The van der Waals surface area contributed by atoms with Gasteiger partial charge < -0.3 is 19.8 Å². The lowest BCUT2D eigenvalue weighted by molar-refractivity contribution is 0.0932. The molecule has 0 bridgehead atoms. The Hall–Kier alpha value is -3.74. The summed E-state index contributed by atoms with van der Waals surface area (Å²) in [5.74, 6) is 1.25. The SMILES string of the molecule is O=C(NC1CCCc2c1[nH]c1ccccc21)c1cn[nH]c1-c1ccc2c(c1)OCCO2. The first-order valence-corrected chi connectivity index (χ1v) is 10.6. The number of amides is 1. The summed E-state index contributed by atoms with van der Waals surface area (Å²) in [4.78, 5) is 16.8. The molecule has 0 saturated carbocycles. The predicted molar refractivity (Wildman–Crippen MR) is 116 cm³/mol. The molecule has 7 heteroatoms. The summed E-state index contributed by atoms with van der Waals surface area (Å²) < 4.78 is 11.3. The van der Waals surface area contributed by atoms with Crippen molar-refractivity contribution in [1.29, 1.82) is 0 Å². The Labute approximate surface area is 178 Å². The molecule has 1 atom stereocenters. The predicted octanol–water partition coefficient (Wildman–Crippen LogP) is 4.14. The van der Waals surface area contributed by atoms with Gasteiger partial charge in [-0.2, -0.15) is 5.10 Å². The molecule has 6 rings (SSSR count). The third-order valence-electron chi connectivity index (χ3n) is 6.13. The Morgan fingerprint density at radius 1 is 1.10 bits per heavy atom. The van der Waals surface area contributed by atoms with Crippen LogP contribution in [0, 0.1) is 0 Å². The van der Waals surface area contributed by atoms with Crippen LogP contribution in [0.3, 0.4) is 0 Å². The van der Waals surface area contributed by atoms with Crippen molar-refractivity contribution in [3.63, 3.8) is 0 Å². The maximum absolute atomic E-state index is 13.2. The van der Waals surface area contributed by atoms with Crippen LogP contribution < -0.4 is 14.8 Å². The average molecular weight is 414 g/mol. The number of ether oxygens (including phenoxy) is 2. The molecule has 0 fully saturated rings. The molecular formula is C24H22N4O3. The molecule has 31 heavy (non-hydrogen) atoms. The summed E-state index contributed by atoms with van der Waals surface area (Å²) in [5, 5.41) is 11.6. The van der Waals surface area contributed by atoms with E-state index in [-0.39, 0.29) is 11.9 Å². The Morgan fingerprint density at radius 3 is 2.90 bits per heavy atom. The lowest BCUT2D eigenvalue weighted by Gasteiger charge is -2.24. The van der Waals surface area contributed by atoms with Gasteiger partial charge in [-0.05, 0) is 49.1 Å². The lowest BCUT2D eigenvalue weighted by Crippen LogP contribution is -2.31. The number of aromatic nitrogens is 3. The summed E-state index contributed by atoms with van der Waals surface area (Å²) >= 11 is 0. The minimum Gasteiger partial charge on any atom is -0.486 e. The first-order chi connectivity index (χ1) is 15.3. The van der Waals surface area contributed by atoms with Crippen molar-refractivity contribution in [1.82, 2.24) is 20.5 Å². The van der Waals surface area contributed by atoms with Crippen LogP contribution in [0.2, 0.25) is 0 Å². The highest BCUT2D eigenvalue weighted by molar-refractivity contribution is 6.00. The molecule has 0 spiro atoms. The second kappa shape index (κ2) is 7.19. The maximum atomic E-state index is 13.2. The number of para-hydroxylation sites is 1. The fourth-order valence-electron chi connectivity index (χ4n) is 4.67. The van der Waals surface area contributed by atoms with Gasteiger partial charge in [0.1, 0.15) is 13.2 Å². The van der Waals surface area contributed by atoms with E-state index in [1.807, 2.05) is 24.3 Å². The number of carbonyl (C=O) groups is 1. The number of carbonyl (C=O) groups excluding carboxylic acids is 1. The number of rotatable bonds is 3. The quantitative estimate of drug-likeness (QED) is 0.470. The number of fused-ring (bicyclic) bond motifs is 4. The Morgan fingerprint density at radius 2 is 1.97 bits per heavy atom. The third-order valence-corrected chi connectivity index (χ3v) is 6.13. The zero-order chi connectivity index (χ0) is 20.8. The number of aryl methyl sites for hydroxylation is 1. The topological polar surface area (TPSA) is 92.0 Å². The van der Waals surface area contributed by atoms with Crippen molar-refractivity contribution >= 4 is 16.8 Å². The number of nitrogens with one attached hydrogen (secondary N) is 3. The van der Waals surface area contributed by atoms with Crippen LogP contribution in [0.25, 0.3) is 22.2 Å². The molecule has 2 aliphatic rings. The zero-order valence-electron chi connectivity index (χ0n) is 16.9. The maximum Gasteiger partial charge on any atom is 0.255 e. The van der Waals surface area contributed by atoms with Gasteiger partial charge in [0.05, 0.1) is 23.5 Å². The zero-order valence-corrected chi connectivity index (χ0v) is 16.9. The van der Waals surface area contributed by atoms with Crippen LogP contribution in [0.5, 0.6) is 11.5 Å². The minimum atomic E-state index is -0.143. The fourth-order valence-corrected chi connectivity index (χ4v) is 4.67. The minimum absolute atomic E-state index is 0.0494. The third kappa shape index (κ3) is 3.04. The molecule has 156 valence electrons. The molecule has 0 saturated heterocycles. The number of nitrogens with zero attached hydrogens (tertiary/aromatic N) is 1. The normalized spacial score (nSPS) is 17.4. The van der Waals surface area contributed by atoms with E-state index >= 15 is 0 Å². The first kappa shape index (κ1) is 18.1. The van der Waals surface area contributed by atoms with Gasteiger partial charge in [-0.25, -0.2) is 0 Å². The van der Waals surface area contributed by atoms with Crippen molar-refractivity contribution in [3.8, 4) is 22.8 Å². The van der Waals surface area contributed by atoms with E-state index in [1.165, 1.54) is 10.9 Å². The molecule has 3 N–H and O–H groups in total.